The number of ether oxygens (including phenoxy) is 1. The van der Waals surface area contributed by atoms with E-state index in [4.69, 9.17) is 22.7 Å². The van der Waals surface area contributed by atoms with Crippen LogP contribution in [-0.2, 0) is 9.53 Å². The maximum absolute atomic E-state index is 12.5. The van der Waals surface area contributed by atoms with E-state index in [0.29, 0.717) is 11.6 Å². The number of thiocarbonyl (C=S) groups is 1. The predicted octanol–water partition coefficient (Wildman–Crippen LogP) is 1.08. The second-order valence-corrected chi connectivity index (χ2v) is 5.39. The van der Waals surface area contributed by atoms with E-state index >= 15 is 0 Å². The van der Waals surface area contributed by atoms with Crippen molar-refractivity contribution in [3.8, 4) is 0 Å². The van der Waals surface area contributed by atoms with Crippen molar-refractivity contribution in [3.05, 3.63) is 0 Å². The molecule has 5 heteroatoms. The first kappa shape index (κ1) is 12.8. The van der Waals surface area contributed by atoms with Crippen LogP contribution in [0, 0.1) is 5.92 Å². The third kappa shape index (κ3) is 2.60. The normalized spacial score (nSPS) is 33.7. The van der Waals surface area contributed by atoms with E-state index in [9.17, 15) is 4.79 Å². The van der Waals surface area contributed by atoms with Gasteiger partial charge < -0.3 is 15.4 Å². The van der Waals surface area contributed by atoms with Gasteiger partial charge in [0.1, 0.15) is 0 Å². The summed E-state index contributed by atoms with van der Waals surface area (Å²) in [6.45, 7) is 3.43. The number of nitrogens with zero attached hydrogens (tertiary/aromatic N) is 1. The Morgan fingerprint density at radius 2 is 2.18 bits per heavy atom. The topological polar surface area (TPSA) is 55.6 Å². The maximum atomic E-state index is 12.5. The lowest BCUT2D eigenvalue weighted by Gasteiger charge is -2.37. The summed E-state index contributed by atoms with van der Waals surface area (Å²) in [6, 6.07) is -0.0425. The molecule has 0 aromatic carbocycles. The van der Waals surface area contributed by atoms with E-state index in [0.717, 1.165) is 32.2 Å². The zero-order valence-corrected chi connectivity index (χ0v) is 11.0. The van der Waals surface area contributed by atoms with Gasteiger partial charge in [-0.25, -0.2) is 0 Å². The molecule has 0 spiro atoms. The minimum absolute atomic E-state index is 0.00931. The van der Waals surface area contributed by atoms with Crippen LogP contribution in [0.1, 0.15) is 32.6 Å². The van der Waals surface area contributed by atoms with Crippen molar-refractivity contribution in [2.75, 3.05) is 13.2 Å². The smallest absolute Gasteiger partial charge is 0.228 e. The molecule has 0 aromatic rings. The highest BCUT2D eigenvalue weighted by molar-refractivity contribution is 7.80. The number of likely N-dealkylation sites (tertiary alicyclic amines) is 1. The molecule has 96 valence electrons. The highest BCUT2D eigenvalue weighted by atomic mass is 32.1. The first-order chi connectivity index (χ1) is 8.11. The quantitative estimate of drug-likeness (QED) is 0.751. The molecule has 0 bridgehead atoms. The standard InChI is InChI=1S/C12H20N2O2S/c1-8-9(5-7-16-8)12(15)14-6-3-2-4-10(14)11(13)17/h8-10H,2-7H2,1H3,(H2,13,17). The van der Waals surface area contributed by atoms with Crippen molar-refractivity contribution >= 4 is 23.1 Å². The minimum Gasteiger partial charge on any atom is -0.392 e. The number of rotatable bonds is 2. The molecule has 0 aliphatic carbocycles. The fourth-order valence-electron chi connectivity index (χ4n) is 2.76. The Morgan fingerprint density at radius 3 is 2.76 bits per heavy atom. The summed E-state index contributed by atoms with van der Waals surface area (Å²) in [6.07, 6.45) is 3.90. The van der Waals surface area contributed by atoms with Crippen molar-refractivity contribution in [3.63, 3.8) is 0 Å². The van der Waals surface area contributed by atoms with Crippen LogP contribution >= 0.6 is 12.2 Å². The van der Waals surface area contributed by atoms with E-state index in [-0.39, 0.29) is 24.0 Å². The molecule has 2 heterocycles. The van der Waals surface area contributed by atoms with Crippen LogP contribution in [0.5, 0.6) is 0 Å². The van der Waals surface area contributed by atoms with E-state index < -0.39 is 0 Å². The Balaban J connectivity index is 2.08. The molecular formula is C12H20N2O2S. The summed E-state index contributed by atoms with van der Waals surface area (Å²) in [5.74, 6) is 0.164. The number of piperidine rings is 1. The van der Waals surface area contributed by atoms with E-state index in [2.05, 4.69) is 0 Å². The maximum Gasteiger partial charge on any atom is 0.228 e. The molecule has 0 aromatic heterocycles. The van der Waals surface area contributed by atoms with Gasteiger partial charge in [0.2, 0.25) is 5.91 Å². The molecule has 17 heavy (non-hydrogen) atoms. The average Bonchev–Trinajstić information content (AvgIpc) is 2.74. The zero-order valence-electron chi connectivity index (χ0n) is 10.2. The van der Waals surface area contributed by atoms with Crippen LogP contribution in [0.2, 0.25) is 0 Å². The van der Waals surface area contributed by atoms with Gasteiger partial charge in [0.05, 0.1) is 23.1 Å². The van der Waals surface area contributed by atoms with Crippen molar-refractivity contribution < 1.29 is 9.53 Å². The van der Waals surface area contributed by atoms with Crippen molar-refractivity contribution in [2.24, 2.45) is 11.7 Å². The zero-order chi connectivity index (χ0) is 12.4. The largest absolute Gasteiger partial charge is 0.392 e. The van der Waals surface area contributed by atoms with Gasteiger partial charge in [-0.1, -0.05) is 12.2 Å². The van der Waals surface area contributed by atoms with Gasteiger partial charge in [0.15, 0.2) is 0 Å². The van der Waals surface area contributed by atoms with E-state index in [1.807, 2.05) is 11.8 Å². The Kier molecular flexibility index (Phi) is 3.99. The van der Waals surface area contributed by atoms with Gasteiger partial charge in [0, 0.05) is 13.2 Å². The molecule has 3 atom stereocenters. The van der Waals surface area contributed by atoms with Crippen molar-refractivity contribution in [1.82, 2.24) is 4.90 Å². The Labute approximate surface area is 107 Å². The third-order valence-corrected chi connectivity index (χ3v) is 4.08. The summed E-state index contributed by atoms with van der Waals surface area (Å²) in [7, 11) is 0. The minimum atomic E-state index is -0.0425. The molecule has 2 fully saturated rings. The number of hydrogen-bond acceptors (Lipinski definition) is 3. The van der Waals surface area contributed by atoms with Crippen LogP contribution in [0.25, 0.3) is 0 Å². The van der Waals surface area contributed by atoms with Gasteiger partial charge in [-0.2, -0.15) is 0 Å². The van der Waals surface area contributed by atoms with Gasteiger partial charge in [-0.3, -0.25) is 4.79 Å². The molecule has 4 nitrogen and oxygen atoms in total. The van der Waals surface area contributed by atoms with Crippen LogP contribution < -0.4 is 5.73 Å². The number of carbonyl (C=O) groups excluding carboxylic acids is 1. The van der Waals surface area contributed by atoms with Gasteiger partial charge in [-0.15, -0.1) is 0 Å². The molecule has 2 N–H and O–H groups in total. The monoisotopic (exact) mass is 256 g/mol. The van der Waals surface area contributed by atoms with Gasteiger partial charge >= 0.3 is 0 Å². The SMILES string of the molecule is CC1OCCC1C(=O)N1CCCCC1C(N)=S. The second kappa shape index (κ2) is 5.31. The van der Waals surface area contributed by atoms with E-state index in [1.165, 1.54) is 0 Å². The summed E-state index contributed by atoms with van der Waals surface area (Å²) in [4.78, 5) is 14.8. The molecular weight excluding hydrogens is 236 g/mol. The summed E-state index contributed by atoms with van der Waals surface area (Å²) in [5, 5.41) is 0. The average molecular weight is 256 g/mol. The van der Waals surface area contributed by atoms with Gasteiger partial charge in [-0.05, 0) is 32.6 Å². The fraction of sp³-hybridized carbons (Fsp3) is 0.833. The van der Waals surface area contributed by atoms with Crippen molar-refractivity contribution in [1.29, 1.82) is 0 Å². The molecule has 3 unspecified atom stereocenters. The van der Waals surface area contributed by atoms with Gasteiger partial charge in [0.25, 0.3) is 0 Å². The lowest BCUT2D eigenvalue weighted by molar-refractivity contribution is -0.139. The first-order valence-corrected chi connectivity index (χ1v) is 6.73. The molecule has 2 saturated heterocycles. The highest BCUT2D eigenvalue weighted by Crippen LogP contribution is 2.26. The molecule has 0 saturated carbocycles. The Morgan fingerprint density at radius 1 is 1.41 bits per heavy atom. The second-order valence-electron chi connectivity index (χ2n) is 4.92. The number of carbonyl (C=O) groups is 1. The molecule has 0 radical (unpaired) electrons. The van der Waals surface area contributed by atoms with E-state index in [1.54, 1.807) is 0 Å². The fourth-order valence-corrected chi connectivity index (χ4v) is 3.01. The number of nitrogens with two attached hydrogens (primary N) is 1. The number of hydrogen-bond donors (Lipinski definition) is 1. The van der Waals surface area contributed by atoms with Crippen LogP contribution in [-0.4, -0.2) is 41.1 Å². The Bertz CT molecular complexity index is 322. The van der Waals surface area contributed by atoms with Crippen molar-refractivity contribution in [2.45, 2.75) is 44.8 Å². The van der Waals surface area contributed by atoms with Crippen LogP contribution in [0.4, 0.5) is 0 Å². The molecule has 2 aliphatic rings. The summed E-state index contributed by atoms with van der Waals surface area (Å²) < 4.78 is 5.46. The highest BCUT2D eigenvalue weighted by Gasteiger charge is 2.37. The van der Waals surface area contributed by atoms with Crippen LogP contribution in [0.15, 0.2) is 0 Å². The lowest BCUT2D eigenvalue weighted by Crippen LogP contribution is -2.52. The third-order valence-electron chi connectivity index (χ3n) is 3.81. The van der Waals surface area contributed by atoms with Crippen LogP contribution in [0.3, 0.4) is 0 Å². The molecule has 2 aliphatic heterocycles. The summed E-state index contributed by atoms with van der Waals surface area (Å²) >= 11 is 5.07. The number of amides is 1. The molecule has 1 amide bonds. The molecule has 2 rings (SSSR count). The summed E-state index contributed by atoms with van der Waals surface area (Å²) in [5.41, 5.74) is 5.74. The first-order valence-electron chi connectivity index (χ1n) is 6.32. The Hall–Kier alpha value is -0.680. The predicted molar refractivity (Wildman–Crippen MR) is 69.7 cm³/mol. The lowest BCUT2D eigenvalue weighted by atomic mass is 9.96.